The zero-order chi connectivity index (χ0) is 12.1. The monoisotopic (exact) mass is 228 g/mol. The van der Waals surface area contributed by atoms with Gasteiger partial charge in [-0.1, -0.05) is 60.7 Å². The summed E-state index contributed by atoms with van der Waals surface area (Å²) in [5.74, 6) is -0.391. The van der Waals surface area contributed by atoms with Crippen molar-refractivity contribution in [2.75, 3.05) is 0 Å². The number of halogens is 1. The summed E-state index contributed by atoms with van der Waals surface area (Å²) in [6.07, 6.45) is 2.43. The van der Waals surface area contributed by atoms with Gasteiger partial charge in [-0.2, -0.15) is 0 Å². The lowest BCUT2D eigenvalue weighted by atomic mass is 10.1. The molecule has 0 fully saturated rings. The number of benzene rings is 2. The molecule has 0 radical (unpaired) electrons. The maximum atomic E-state index is 13.4. The van der Waals surface area contributed by atoms with Crippen LogP contribution in [0.15, 0.2) is 60.7 Å². The van der Waals surface area contributed by atoms with Crippen molar-refractivity contribution in [3.8, 4) is 0 Å². The maximum absolute atomic E-state index is 13.4. The van der Waals surface area contributed by atoms with E-state index >= 15 is 0 Å². The van der Waals surface area contributed by atoms with Gasteiger partial charge in [-0.3, -0.25) is 0 Å². The first kappa shape index (κ1) is 11.6. The van der Waals surface area contributed by atoms with E-state index < -0.39 is 11.9 Å². The SMILES string of the molecule is O[C@@H](/C=C/c1ccccc1)c1ccccc1F. The molecule has 1 nitrogen and oxygen atoms in total. The largest absolute Gasteiger partial charge is 0.384 e. The minimum Gasteiger partial charge on any atom is -0.384 e. The summed E-state index contributed by atoms with van der Waals surface area (Å²) in [5, 5.41) is 9.84. The molecule has 1 atom stereocenters. The molecule has 0 spiro atoms. The predicted molar refractivity (Wildman–Crippen MR) is 66.8 cm³/mol. The lowest BCUT2D eigenvalue weighted by molar-refractivity contribution is 0.224. The molecule has 86 valence electrons. The van der Waals surface area contributed by atoms with E-state index in [9.17, 15) is 9.50 Å². The number of hydrogen-bond acceptors (Lipinski definition) is 1. The van der Waals surface area contributed by atoms with Crippen molar-refractivity contribution < 1.29 is 9.50 Å². The van der Waals surface area contributed by atoms with E-state index in [-0.39, 0.29) is 0 Å². The van der Waals surface area contributed by atoms with Crippen molar-refractivity contribution in [3.05, 3.63) is 77.6 Å². The average molecular weight is 228 g/mol. The maximum Gasteiger partial charge on any atom is 0.129 e. The van der Waals surface area contributed by atoms with E-state index in [1.54, 1.807) is 30.4 Å². The molecule has 0 unspecified atom stereocenters. The van der Waals surface area contributed by atoms with Gasteiger partial charge < -0.3 is 5.11 Å². The normalized spacial score (nSPS) is 12.8. The summed E-state index contributed by atoms with van der Waals surface area (Å²) >= 11 is 0. The third-order valence-corrected chi connectivity index (χ3v) is 2.49. The highest BCUT2D eigenvalue weighted by Crippen LogP contribution is 2.18. The Morgan fingerprint density at radius 3 is 2.29 bits per heavy atom. The van der Waals surface area contributed by atoms with Crippen molar-refractivity contribution in [2.45, 2.75) is 6.10 Å². The molecule has 0 bridgehead atoms. The highest BCUT2D eigenvalue weighted by Gasteiger charge is 2.07. The van der Waals surface area contributed by atoms with Crippen molar-refractivity contribution in [1.82, 2.24) is 0 Å². The summed E-state index contributed by atoms with van der Waals surface area (Å²) in [7, 11) is 0. The van der Waals surface area contributed by atoms with E-state index in [0.717, 1.165) is 5.56 Å². The van der Waals surface area contributed by atoms with E-state index in [0.29, 0.717) is 5.56 Å². The second-order valence-corrected chi connectivity index (χ2v) is 3.74. The minimum atomic E-state index is -0.920. The van der Waals surface area contributed by atoms with Gasteiger partial charge in [-0.25, -0.2) is 4.39 Å². The van der Waals surface area contributed by atoms with Gasteiger partial charge in [0, 0.05) is 5.56 Å². The summed E-state index contributed by atoms with van der Waals surface area (Å²) in [6, 6.07) is 15.8. The number of aliphatic hydroxyl groups excluding tert-OH is 1. The molecule has 0 aliphatic carbocycles. The van der Waals surface area contributed by atoms with Crippen LogP contribution in [-0.4, -0.2) is 5.11 Å². The van der Waals surface area contributed by atoms with Gasteiger partial charge in [0.15, 0.2) is 0 Å². The first-order chi connectivity index (χ1) is 8.27. The molecule has 0 saturated carbocycles. The van der Waals surface area contributed by atoms with Crippen molar-refractivity contribution in [2.24, 2.45) is 0 Å². The highest BCUT2D eigenvalue weighted by molar-refractivity contribution is 5.50. The standard InChI is InChI=1S/C15H13FO/c16-14-9-5-4-8-13(14)15(17)11-10-12-6-2-1-3-7-12/h1-11,15,17H/b11-10+/t15-/m0/s1. The summed E-state index contributed by atoms with van der Waals surface area (Å²) in [6.45, 7) is 0. The second-order valence-electron chi connectivity index (χ2n) is 3.74. The van der Waals surface area contributed by atoms with Crippen LogP contribution in [-0.2, 0) is 0 Å². The molecular weight excluding hydrogens is 215 g/mol. The van der Waals surface area contributed by atoms with Crippen LogP contribution in [0, 0.1) is 5.82 Å². The molecule has 0 heterocycles. The molecule has 2 aromatic carbocycles. The Morgan fingerprint density at radius 1 is 0.941 bits per heavy atom. The van der Waals surface area contributed by atoms with Gasteiger partial charge in [0.2, 0.25) is 0 Å². The van der Waals surface area contributed by atoms with E-state index in [4.69, 9.17) is 0 Å². The molecule has 0 aliphatic heterocycles. The Morgan fingerprint density at radius 2 is 1.59 bits per heavy atom. The highest BCUT2D eigenvalue weighted by atomic mass is 19.1. The average Bonchev–Trinajstić information content (AvgIpc) is 2.38. The van der Waals surface area contributed by atoms with Gasteiger partial charge in [-0.15, -0.1) is 0 Å². The van der Waals surface area contributed by atoms with Gasteiger partial charge in [-0.05, 0) is 11.6 Å². The number of rotatable bonds is 3. The van der Waals surface area contributed by atoms with E-state index in [2.05, 4.69) is 0 Å². The Balaban J connectivity index is 2.15. The van der Waals surface area contributed by atoms with Crippen LogP contribution in [0.25, 0.3) is 6.08 Å². The fourth-order valence-corrected chi connectivity index (χ4v) is 1.59. The van der Waals surface area contributed by atoms with Crippen LogP contribution in [0.3, 0.4) is 0 Å². The third kappa shape index (κ3) is 3.02. The van der Waals surface area contributed by atoms with Crippen LogP contribution >= 0.6 is 0 Å². The second kappa shape index (κ2) is 5.41. The van der Waals surface area contributed by atoms with Crippen LogP contribution < -0.4 is 0 Å². The summed E-state index contributed by atoms with van der Waals surface area (Å²) in [4.78, 5) is 0. The first-order valence-electron chi connectivity index (χ1n) is 5.43. The predicted octanol–water partition coefficient (Wildman–Crippen LogP) is 3.57. The van der Waals surface area contributed by atoms with Crippen LogP contribution in [0.4, 0.5) is 4.39 Å². The fourth-order valence-electron chi connectivity index (χ4n) is 1.59. The molecule has 17 heavy (non-hydrogen) atoms. The number of aliphatic hydroxyl groups is 1. The smallest absolute Gasteiger partial charge is 0.129 e. The molecule has 0 amide bonds. The molecule has 2 heteroatoms. The van der Waals surface area contributed by atoms with E-state index in [1.165, 1.54) is 6.07 Å². The minimum absolute atomic E-state index is 0.291. The Kier molecular flexibility index (Phi) is 3.68. The zero-order valence-electron chi connectivity index (χ0n) is 9.25. The third-order valence-electron chi connectivity index (χ3n) is 2.49. The molecule has 0 saturated heterocycles. The fraction of sp³-hybridized carbons (Fsp3) is 0.0667. The summed E-state index contributed by atoms with van der Waals surface area (Å²) < 4.78 is 13.4. The topological polar surface area (TPSA) is 20.2 Å². The van der Waals surface area contributed by atoms with Crippen LogP contribution in [0.2, 0.25) is 0 Å². The molecule has 0 aliphatic rings. The summed E-state index contributed by atoms with van der Waals surface area (Å²) in [5.41, 5.74) is 1.27. The number of hydrogen-bond donors (Lipinski definition) is 1. The van der Waals surface area contributed by atoms with Crippen molar-refractivity contribution in [1.29, 1.82) is 0 Å². The molecule has 2 rings (SSSR count). The van der Waals surface area contributed by atoms with Crippen LogP contribution in [0.5, 0.6) is 0 Å². The van der Waals surface area contributed by atoms with Gasteiger partial charge >= 0.3 is 0 Å². The Labute approximate surface area is 99.9 Å². The lowest BCUT2D eigenvalue weighted by Crippen LogP contribution is -1.96. The van der Waals surface area contributed by atoms with E-state index in [1.807, 2.05) is 30.3 Å². The molecule has 0 aromatic heterocycles. The quantitative estimate of drug-likeness (QED) is 0.851. The van der Waals surface area contributed by atoms with Crippen LogP contribution in [0.1, 0.15) is 17.2 Å². The zero-order valence-corrected chi connectivity index (χ0v) is 9.25. The molecule has 2 aromatic rings. The Bertz CT molecular complexity index is 505. The van der Waals surface area contributed by atoms with Crippen molar-refractivity contribution in [3.63, 3.8) is 0 Å². The van der Waals surface area contributed by atoms with Gasteiger partial charge in [0.05, 0.1) is 0 Å². The molecular formula is C15H13FO. The first-order valence-corrected chi connectivity index (χ1v) is 5.43. The lowest BCUT2D eigenvalue weighted by Gasteiger charge is -2.06. The van der Waals surface area contributed by atoms with Crippen molar-refractivity contribution >= 4 is 6.08 Å². The Hall–Kier alpha value is -1.93. The van der Waals surface area contributed by atoms with Gasteiger partial charge in [0.25, 0.3) is 0 Å². The van der Waals surface area contributed by atoms with Gasteiger partial charge in [0.1, 0.15) is 11.9 Å². The molecule has 1 N–H and O–H groups in total.